The van der Waals surface area contributed by atoms with Crippen LogP contribution in [0.4, 0.5) is 0 Å². The highest BCUT2D eigenvalue weighted by Crippen LogP contribution is 2.36. The molecule has 3 rings (SSSR count). The van der Waals surface area contributed by atoms with Gasteiger partial charge in [-0.1, -0.05) is 23.8 Å². The van der Waals surface area contributed by atoms with Crippen LogP contribution in [0, 0.1) is 20.8 Å². The summed E-state index contributed by atoms with van der Waals surface area (Å²) in [5.41, 5.74) is 4.13. The van der Waals surface area contributed by atoms with Gasteiger partial charge in [-0.05, 0) is 44.0 Å². The van der Waals surface area contributed by atoms with Crippen LogP contribution in [0.2, 0.25) is 0 Å². The van der Waals surface area contributed by atoms with Gasteiger partial charge < -0.3 is 14.8 Å². The van der Waals surface area contributed by atoms with Crippen molar-refractivity contribution in [2.45, 2.75) is 38.1 Å². The summed E-state index contributed by atoms with van der Waals surface area (Å²) in [5.74, 6) is 0.506. The van der Waals surface area contributed by atoms with E-state index in [2.05, 4.69) is 16.1 Å². The van der Waals surface area contributed by atoms with Crippen LogP contribution in [0.3, 0.4) is 0 Å². The zero-order valence-electron chi connectivity index (χ0n) is 17.7. The number of rotatable bonds is 7. The lowest BCUT2D eigenvalue weighted by molar-refractivity contribution is 0.0923. The number of methoxy groups -OCH3 is 1. The molecule has 1 atom stereocenters. The molecule has 0 aliphatic carbocycles. The van der Waals surface area contributed by atoms with Crippen LogP contribution >= 0.6 is 0 Å². The average molecular weight is 433 g/mol. The Kier molecular flexibility index (Phi) is 6.80. The first kappa shape index (κ1) is 22.3. The van der Waals surface area contributed by atoms with Gasteiger partial charge in [0.15, 0.2) is 0 Å². The minimum atomic E-state index is -3.73. The zero-order valence-corrected chi connectivity index (χ0v) is 18.6. The third-order valence-electron chi connectivity index (χ3n) is 5.14. The highest BCUT2D eigenvalue weighted by atomic mass is 32.2. The zero-order chi connectivity index (χ0) is 21.9. The molecule has 0 aromatic heterocycles. The fraction of sp³-hybridized carbons (Fsp3) is 0.409. The number of nitrogens with one attached hydrogen (secondary N) is 2. The second-order valence-corrected chi connectivity index (χ2v) is 9.30. The van der Waals surface area contributed by atoms with Crippen molar-refractivity contribution in [2.75, 3.05) is 26.9 Å². The fourth-order valence-electron chi connectivity index (χ4n) is 3.64. The van der Waals surface area contributed by atoms with E-state index in [0.29, 0.717) is 24.2 Å². The van der Waals surface area contributed by atoms with Crippen LogP contribution in [0.15, 0.2) is 35.2 Å². The van der Waals surface area contributed by atoms with Gasteiger partial charge in [0.2, 0.25) is 10.0 Å². The molecule has 2 aromatic carbocycles. The smallest absolute Gasteiger partial charge is 0.252 e. The van der Waals surface area contributed by atoms with Crippen molar-refractivity contribution in [1.29, 1.82) is 0 Å². The maximum atomic E-state index is 13.1. The summed E-state index contributed by atoms with van der Waals surface area (Å²) in [4.78, 5) is 13.1. The second kappa shape index (κ2) is 9.16. The molecule has 2 N–H and O–H groups in total. The molecule has 1 amide bonds. The molecule has 0 radical (unpaired) electrons. The summed E-state index contributed by atoms with van der Waals surface area (Å²) in [6.07, 6.45) is 0.650. The van der Waals surface area contributed by atoms with Crippen LogP contribution in [0.5, 0.6) is 5.75 Å². The SMILES string of the molecule is COCCNS(=O)(=O)c1ccc(C)c(C(=O)NC2CCOc3c(C)cc(C)cc32)c1. The first-order valence-corrected chi connectivity index (χ1v) is 11.4. The predicted octanol–water partition coefficient (Wildman–Crippen LogP) is 2.79. The molecule has 1 aliphatic rings. The van der Waals surface area contributed by atoms with E-state index in [1.807, 2.05) is 19.9 Å². The number of ether oxygens (including phenoxy) is 2. The van der Waals surface area contributed by atoms with Crippen molar-refractivity contribution < 1.29 is 22.7 Å². The monoisotopic (exact) mass is 432 g/mol. The topological polar surface area (TPSA) is 93.7 Å². The van der Waals surface area contributed by atoms with Gasteiger partial charge in [-0.2, -0.15) is 0 Å². The van der Waals surface area contributed by atoms with Crippen molar-refractivity contribution in [3.8, 4) is 5.75 Å². The molecule has 1 unspecified atom stereocenters. The van der Waals surface area contributed by atoms with Gasteiger partial charge in [0, 0.05) is 31.2 Å². The van der Waals surface area contributed by atoms with Gasteiger partial charge in [0.25, 0.3) is 5.91 Å². The van der Waals surface area contributed by atoms with E-state index in [-0.39, 0.29) is 30.0 Å². The predicted molar refractivity (Wildman–Crippen MR) is 114 cm³/mol. The van der Waals surface area contributed by atoms with E-state index >= 15 is 0 Å². The summed E-state index contributed by atoms with van der Waals surface area (Å²) in [7, 11) is -2.23. The van der Waals surface area contributed by atoms with E-state index in [4.69, 9.17) is 9.47 Å². The summed E-state index contributed by atoms with van der Waals surface area (Å²) >= 11 is 0. The van der Waals surface area contributed by atoms with Crippen LogP contribution in [-0.2, 0) is 14.8 Å². The Balaban J connectivity index is 1.85. The highest BCUT2D eigenvalue weighted by Gasteiger charge is 2.26. The molecule has 0 fully saturated rings. The fourth-order valence-corrected chi connectivity index (χ4v) is 4.68. The van der Waals surface area contributed by atoms with Crippen LogP contribution in [0.25, 0.3) is 0 Å². The van der Waals surface area contributed by atoms with E-state index in [1.54, 1.807) is 13.0 Å². The molecule has 8 heteroatoms. The lowest BCUT2D eigenvalue weighted by atomic mass is 9.95. The van der Waals surface area contributed by atoms with Crippen molar-refractivity contribution in [3.63, 3.8) is 0 Å². The van der Waals surface area contributed by atoms with Crippen molar-refractivity contribution >= 4 is 15.9 Å². The first-order chi connectivity index (χ1) is 14.2. The molecule has 2 aromatic rings. The summed E-state index contributed by atoms with van der Waals surface area (Å²) in [6.45, 7) is 6.72. The molecular weight excluding hydrogens is 404 g/mol. The van der Waals surface area contributed by atoms with Gasteiger partial charge >= 0.3 is 0 Å². The van der Waals surface area contributed by atoms with Gasteiger partial charge in [-0.3, -0.25) is 4.79 Å². The Labute approximate surface area is 177 Å². The summed E-state index contributed by atoms with van der Waals surface area (Å²) < 4.78 is 38.2. The number of hydrogen-bond acceptors (Lipinski definition) is 5. The lowest BCUT2D eigenvalue weighted by Crippen LogP contribution is -2.33. The van der Waals surface area contributed by atoms with Crippen molar-refractivity contribution in [2.24, 2.45) is 0 Å². The molecule has 0 saturated heterocycles. The van der Waals surface area contributed by atoms with Gasteiger partial charge in [-0.15, -0.1) is 0 Å². The maximum Gasteiger partial charge on any atom is 0.252 e. The third-order valence-corrected chi connectivity index (χ3v) is 6.60. The van der Waals surface area contributed by atoms with Gasteiger partial charge in [0.1, 0.15) is 5.75 Å². The number of benzene rings is 2. The lowest BCUT2D eigenvalue weighted by Gasteiger charge is -2.28. The van der Waals surface area contributed by atoms with Crippen molar-refractivity contribution in [1.82, 2.24) is 10.0 Å². The normalized spacial score (nSPS) is 15.9. The van der Waals surface area contributed by atoms with E-state index in [1.165, 1.54) is 19.2 Å². The molecule has 1 aliphatic heterocycles. The van der Waals surface area contributed by atoms with Gasteiger partial charge in [0.05, 0.1) is 24.2 Å². The van der Waals surface area contributed by atoms with E-state index in [0.717, 1.165) is 22.4 Å². The third kappa shape index (κ3) is 4.83. The molecular formula is C22H28N2O5S. The number of carbonyl (C=O) groups is 1. The minimum Gasteiger partial charge on any atom is -0.493 e. The van der Waals surface area contributed by atoms with Crippen LogP contribution in [-0.4, -0.2) is 41.2 Å². The average Bonchev–Trinajstić information content (AvgIpc) is 2.68. The van der Waals surface area contributed by atoms with E-state index in [9.17, 15) is 13.2 Å². The highest BCUT2D eigenvalue weighted by molar-refractivity contribution is 7.89. The van der Waals surface area contributed by atoms with Crippen LogP contribution in [0.1, 0.15) is 45.1 Å². The number of carbonyl (C=O) groups excluding carboxylic acids is 1. The Morgan fingerprint density at radius 2 is 1.93 bits per heavy atom. The molecule has 0 saturated carbocycles. The summed E-state index contributed by atoms with van der Waals surface area (Å²) in [5, 5.41) is 3.06. The molecule has 30 heavy (non-hydrogen) atoms. The maximum absolute atomic E-state index is 13.1. The summed E-state index contributed by atoms with van der Waals surface area (Å²) in [6, 6.07) is 8.45. The molecule has 0 spiro atoms. The molecule has 1 heterocycles. The van der Waals surface area contributed by atoms with Gasteiger partial charge in [-0.25, -0.2) is 13.1 Å². The Bertz CT molecular complexity index is 1050. The molecule has 162 valence electrons. The Morgan fingerprint density at radius 3 is 2.67 bits per heavy atom. The number of sulfonamides is 1. The number of amides is 1. The molecule has 0 bridgehead atoms. The van der Waals surface area contributed by atoms with Crippen LogP contribution < -0.4 is 14.8 Å². The van der Waals surface area contributed by atoms with E-state index < -0.39 is 10.0 Å². The largest absolute Gasteiger partial charge is 0.493 e. The standard InChI is InChI=1S/C22H28N2O5S/c1-14-11-16(3)21-19(12-14)20(7-9-29-21)24-22(25)18-13-17(6-5-15(18)2)30(26,27)23-8-10-28-4/h5-6,11-13,20,23H,7-10H2,1-4H3,(H,24,25). The number of hydrogen-bond donors (Lipinski definition) is 2. The minimum absolute atomic E-state index is 0.0495. The number of aryl methyl sites for hydroxylation is 3. The first-order valence-electron chi connectivity index (χ1n) is 9.87. The number of fused-ring (bicyclic) bond motifs is 1. The quantitative estimate of drug-likeness (QED) is 0.656. The molecule has 7 nitrogen and oxygen atoms in total. The Hall–Kier alpha value is -2.42. The second-order valence-electron chi connectivity index (χ2n) is 7.53. The van der Waals surface area contributed by atoms with Crippen molar-refractivity contribution in [3.05, 3.63) is 58.1 Å². The Morgan fingerprint density at radius 1 is 1.17 bits per heavy atom.